The first-order chi connectivity index (χ1) is 15.1. The molecule has 9 heteroatoms. The molecule has 4 aromatic rings. The van der Waals surface area contributed by atoms with Gasteiger partial charge in [-0.3, -0.25) is 13.9 Å². The van der Waals surface area contributed by atoms with Gasteiger partial charge in [0.2, 0.25) is 5.28 Å². The molecular weight excluding hydrogens is 416 g/mol. The number of aryl methyl sites for hydroxylation is 2. The molecule has 4 rings (SSSR count). The zero-order valence-corrected chi connectivity index (χ0v) is 18.2. The molecule has 0 saturated heterocycles. The fourth-order valence-corrected chi connectivity index (χ4v) is 3.83. The number of benzene rings is 1. The van der Waals surface area contributed by atoms with Crippen molar-refractivity contribution in [2.75, 3.05) is 0 Å². The summed E-state index contributed by atoms with van der Waals surface area (Å²) in [5.74, 6) is 0. The van der Waals surface area contributed by atoms with Crippen LogP contribution in [0.5, 0.6) is 0 Å². The van der Waals surface area contributed by atoms with Gasteiger partial charge in [-0.05, 0) is 30.9 Å². The Kier molecular flexibility index (Phi) is 6.36. The maximum absolute atomic E-state index is 13.0. The van der Waals surface area contributed by atoms with Gasteiger partial charge in [0.25, 0.3) is 5.56 Å². The first-order valence-corrected chi connectivity index (χ1v) is 10.9. The molecule has 1 aromatic carbocycles. The number of nitrogens with zero attached hydrogens (tertiary/aromatic N) is 5. The summed E-state index contributed by atoms with van der Waals surface area (Å²) in [6.45, 7) is 3.66. The van der Waals surface area contributed by atoms with E-state index in [1.807, 2.05) is 47.4 Å². The minimum Gasteiger partial charge on any atom is -0.337 e. The van der Waals surface area contributed by atoms with Crippen molar-refractivity contribution in [3.8, 4) is 11.3 Å². The molecule has 0 saturated carbocycles. The van der Waals surface area contributed by atoms with Crippen molar-refractivity contribution in [3.63, 3.8) is 0 Å². The molecule has 0 amide bonds. The number of halogens is 1. The molecule has 0 spiro atoms. The predicted molar refractivity (Wildman–Crippen MR) is 121 cm³/mol. The first-order valence-electron chi connectivity index (χ1n) is 10.5. The van der Waals surface area contributed by atoms with Gasteiger partial charge in [0.1, 0.15) is 0 Å². The standard InChI is InChI=1S/C22H25ClN6O2/c1-2-3-12-28-19-18(25-21(23)26-19)20(30)29(22(28)31)13-8-7-11-27-14-17(24-15-27)16-9-5-4-6-10-16/h4-6,9-10,14-15H,2-3,7-8,11-13H2,1H3,(H,25,26). The van der Waals surface area contributed by atoms with Crippen molar-refractivity contribution in [1.82, 2.24) is 28.7 Å². The van der Waals surface area contributed by atoms with E-state index in [1.165, 1.54) is 4.57 Å². The Hall–Kier alpha value is -3.13. The summed E-state index contributed by atoms with van der Waals surface area (Å²) >= 11 is 5.97. The Labute approximate surface area is 184 Å². The summed E-state index contributed by atoms with van der Waals surface area (Å²) < 4.78 is 4.86. The molecule has 0 fully saturated rings. The van der Waals surface area contributed by atoms with Crippen LogP contribution in [0.3, 0.4) is 0 Å². The van der Waals surface area contributed by atoms with Gasteiger partial charge < -0.3 is 9.55 Å². The molecule has 0 atom stereocenters. The van der Waals surface area contributed by atoms with E-state index in [9.17, 15) is 9.59 Å². The number of H-pyrrole nitrogens is 1. The highest BCUT2D eigenvalue weighted by Gasteiger charge is 2.16. The van der Waals surface area contributed by atoms with Gasteiger partial charge in [0.05, 0.1) is 12.0 Å². The molecular formula is C22H25ClN6O2. The fraction of sp³-hybridized carbons (Fsp3) is 0.364. The monoisotopic (exact) mass is 440 g/mol. The SMILES string of the molecule is CCCCn1c(=O)n(CCCCn2cnc(-c3ccccc3)c2)c(=O)c2[nH]c(Cl)nc21. The molecule has 0 aliphatic heterocycles. The number of fused-ring (bicyclic) bond motifs is 1. The van der Waals surface area contributed by atoms with Crippen molar-refractivity contribution >= 4 is 22.8 Å². The highest BCUT2D eigenvalue weighted by atomic mass is 35.5. The zero-order chi connectivity index (χ0) is 21.8. The van der Waals surface area contributed by atoms with E-state index in [1.54, 1.807) is 4.57 Å². The van der Waals surface area contributed by atoms with Crippen molar-refractivity contribution < 1.29 is 0 Å². The highest BCUT2D eigenvalue weighted by Crippen LogP contribution is 2.16. The maximum Gasteiger partial charge on any atom is 0.332 e. The van der Waals surface area contributed by atoms with Crippen molar-refractivity contribution in [2.24, 2.45) is 0 Å². The van der Waals surface area contributed by atoms with Crippen LogP contribution in [0.15, 0.2) is 52.4 Å². The smallest absolute Gasteiger partial charge is 0.332 e. The number of rotatable bonds is 9. The Bertz CT molecular complexity index is 1290. The lowest BCUT2D eigenvalue weighted by molar-refractivity contribution is 0.504. The number of hydrogen-bond acceptors (Lipinski definition) is 4. The third-order valence-corrected chi connectivity index (χ3v) is 5.50. The van der Waals surface area contributed by atoms with Crippen molar-refractivity contribution in [1.29, 1.82) is 0 Å². The lowest BCUT2D eigenvalue weighted by atomic mass is 10.2. The Morgan fingerprint density at radius 1 is 1.00 bits per heavy atom. The summed E-state index contributed by atoms with van der Waals surface area (Å²) in [5, 5.41) is 0.115. The molecule has 3 aromatic heterocycles. The van der Waals surface area contributed by atoms with Crippen LogP contribution in [0.25, 0.3) is 22.4 Å². The van der Waals surface area contributed by atoms with Gasteiger partial charge >= 0.3 is 5.69 Å². The van der Waals surface area contributed by atoms with Crippen LogP contribution in [0, 0.1) is 0 Å². The number of hydrogen-bond donors (Lipinski definition) is 1. The molecule has 8 nitrogen and oxygen atoms in total. The first kappa shape index (κ1) is 21.1. The molecule has 0 aliphatic rings. The minimum absolute atomic E-state index is 0.115. The van der Waals surface area contributed by atoms with Gasteiger partial charge in [0, 0.05) is 31.4 Å². The van der Waals surface area contributed by atoms with Crippen molar-refractivity contribution in [2.45, 2.75) is 52.2 Å². The molecule has 3 heterocycles. The van der Waals surface area contributed by atoms with Crippen LogP contribution in [0.4, 0.5) is 0 Å². The van der Waals surface area contributed by atoms with E-state index in [2.05, 4.69) is 21.9 Å². The Balaban J connectivity index is 1.46. The van der Waals surface area contributed by atoms with E-state index in [0.717, 1.165) is 37.1 Å². The summed E-state index contributed by atoms with van der Waals surface area (Å²) in [5.41, 5.74) is 1.91. The van der Waals surface area contributed by atoms with Gasteiger partial charge in [0.15, 0.2) is 11.2 Å². The molecule has 31 heavy (non-hydrogen) atoms. The van der Waals surface area contributed by atoms with Gasteiger partial charge in [-0.25, -0.2) is 9.78 Å². The third-order valence-electron chi connectivity index (χ3n) is 5.32. The largest absolute Gasteiger partial charge is 0.337 e. The quantitative estimate of drug-likeness (QED) is 0.317. The van der Waals surface area contributed by atoms with E-state index in [-0.39, 0.29) is 22.0 Å². The summed E-state index contributed by atoms with van der Waals surface area (Å²) in [7, 11) is 0. The second kappa shape index (κ2) is 9.34. The lowest BCUT2D eigenvalue weighted by Crippen LogP contribution is -2.40. The highest BCUT2D eigenvalue weighted by molar-refractivity contribution is 6.28. The molecule has 162 valence electrons. The van der Waals surface area contributed by atoms with E-state index in [4.69, 9.17) is 11.6 Å². The molecule has 0 unspecified atom stereocenters. The van der Waals surface area contributed by atoms with Gasteiger partial charge in [-0.1, -0.05) is 43.7 Å². The second-order valence-electron chi connectivity index (χ2n) is 7.54. The van der Waals surface area contributed by atoms with E-state index < -0.39 is 0 Å². The number of aromatic nitrogens is 6. The number of nitrogens with one attached hydrogen (secondary N) is 1. The Morgan fingerprint density at radius 2 is 1.74 bits per heavy atom. The topological polar surface area (TPSA) is 90.5 Å². The van der Waals surface area contributed by atoms with E-state index >= 15 is 0 Å². The average Bonchev–Trinajstić information content (AvgIpc) is 3.40. The lowest BCUT2D eigenvalue weighted by Gasteiger charge is -2.11. The maximum atomic E-state index is 13.0. The fourth-order valence-electron chi connectivity index (χ4n) is 3.66. The number of unbranched alkanes of at least 4 members (excludes halogenated alkanes) is 2. The molecule has 0 radical (unpaired) electrons. The second-order valence-corrected chi connectivity index (χ2v) is 7.90. The number of imidazole rings is 2. The Morgan fingerprint density at radius 3 is 2.52 bits per heavy atom. The summed E-state index contributed by atoms with van der Waals surface area (Å²) in [6.07, 6.45) is 7.08. The molecule has 0 bridgehead atoms. The zero-order valence-electron chi connectivity index (χ0n) is 17.4. The third kappa shape index (κ3) is 4.49. The van der Waals surface area contributed by atoms with Crippen LogP contribution < -0.4 is 11.2 Å². The summed E-state index contributed by atoms with van der Waals surface area (Å²) in [6, 6.07) is 10.0. The normalized spacial score (nSPS) is 11.4. The van der Waals surface area contributed by atoms with Gasteiger partial charge in [-0.2, -0.15) is 4.98 Å². The van der Waals surface area contributed by atoms with Crippen LogP contribution in [-0.2, 0) is 19.6 Å². The predicted octanol–water partition coefficient (Wildman–Crippen LogP) is 3.68. The average molecular weight is 441 g/mol. The van der Waals surface area contributed by atoms with E-state index in [0.29, 0.717) is 25.2 Å². The van der Waals surface area contributed by atoms with Crippen molar-refractivity contribution in [3.05, 3.63) is 69.0 Å². The summed E-state index contributed by atoms with van der Waals surface area (Å²) in [4.78, 5) is 37.2. The number of aromatic amines is 1. The van der Waals surface area contributed by atoms with Crippen LogP contribution in [-0.4, -0.2) is 28.7 Å². The van der Waals surface area contributed by atoms with Gasteiger partial charge in [-0.15, -0.1) is 0 Å². The molecule has 0 aliphatic carbocycles. The van der Waals surface area contributed by atoms with Crippen LogP contribution in [0.1, 0.15) is 32.6 Å². The van der Waals surface area contributed by atoms with Crippen LogP contribution >= 0.6 is 11.6 Å². The molecule has 1 N–H and O–H groups in total. The van der Waals surface area contributed by atoms with Crippen LogP contribution in [0.2, 0.25) is 5.28 Å². The minimum atomic E-state index is -0.374.